The molecule has 2 N–H and O–H groups in total. The van der Waals surface area contributed by atoms with Crippen LogP contribution in [0.25, 0.3) is 0 Å². The highest BCUT2D eigenvalue weighted by Gasteiger charge is 2.14. The number of para-hydroxylation sites is 1. The summed E-state index contributed by atoms with van der Waals surface area (Å²) in [6.45, 7) is 9.95. The van der Waals surface area contributed by atoms with Gasteiger partial charge < -0.3 is 15.4 Å². The predicted octanol–water partition coefficient (Wildman–Crippen LogP) is 4.46. The van der Waals surface area contributed by atoms with Gasteiger partial charge in [0.15, 0.2) is 6.61 Å². The van der Waals surface area contributed by atoms with Crippen molar-refractivity contribution in [2.75, 3.05) is 13.2 Å². The van der Waals surface area contributed by atoms with Gasteiger partial charge in [-0.15, -0.1) is 12.4 Å². The Morgan fingerprint density at radius 3 is 2.44 bits per heavy atom. The fraction of sp³-hybridized carbons (Fsp3) is 0.650. The molecule has 5 heteroatoms. The third kappa shape index (κ3) is 11.8. The number of rotatable bonds is 11. The number of nitrogens with one attached hydrogen (secondary N) is 2. The summed E-state index contributed by atoms with van der Waals surface area (Å²) in [6, 6.07) is 7.90. The van der Waals surface area contributed by atoms with Crippen molar-refractivity contribution in [2.24, 2.45) is 0 Å². The van der Waals surface area contributed by atoms with Gasteiger partial charge in [0.05, 0.1) is 0 Å². The van der Waals surface area contributed by atoms with E-state index in [-0.39, 0.29) is 30.5 Å². The molecule has 0 aliphatic carbocycles. The molecular weight excluding hydrogens is 336 g/mol. The van der Waals surface area contributed by atoms with Gasteiger partial charge in [-0.1, -0.05) is 50.8 Å². The zero-order chi connectivity index (χ0) is 17.8. The van der Waals surface area contributed by atoms with E-state index in [1.54, 1.807) is 0 Å². The van der Waals surface area contributed by atoms with E-state index in [0.717, 1.165) is 24.4 Å². The average Bonchev–Trinajstić information content (AvgIpc) is 2.51. The molecule has 0 unspecified atom stereocenters. The van der Waals surface area contributed by atoms with Gasteiger partial charge in [0.2, 0.25) is 0 Å². The molecule has 0 bridgehead atoms. The van der Waals surface area contributed by atoms with Crippen LogP contribution >= 0.6 is 12.4 Å². The largest absolute Gasteiger partial charge is 0.483 e. The smallest absolute Gasteiger partial charge is 0.258 e. The van der Waals surface area contributed by atoms with Gasteiger partial charge in [0, 0.05) is 17.6 Å². The summed E-state index contributed by atoms with van der Waals surface area (Å²) in [5.41, 5.74) is 0.855. The molecule has 1 aromatic rings. The van der Waals surface area contributed by atoms with Crippen molar-refractivity contribution in [2.45, 2.75) is 71.9 Å². The van der Waals surface area contributed by atoms with Crippen molar-refractivity contribution >= 4 is 18.3 Å². The number of unbranched alkanes of at least 4 members (excludes halogenated alkanes) is 4. The lowest BCUT2D eigenvalue weighted by molar-refractivity contribution is -0.124. The Kier molecular flexibility index (Phi) is 12.4. The molecule has 144 valence electrons. The maximum Gasteiger partial charge on any atom is 0.258 e. The Morgan fingerprint density at radius 2 is 1.76 bits per heavy atom. The number of hydrogen-bond donors (Lipinski definition) is 2. The molecule has 0 fully saturated rings. The first-order valence-electron chi connectivity index (χ1n) is 9.15. The average molecular weight is 371 g/mol. The van der Waals surface area contributed by atoms with Crippen molar-refractivity contribution in [3.63, 3.8) is 0 Å². The van der Waals surface area contributed by atoms with E-state index in [1.807, 2.05) is 45.0 Å². The normalized spacial score (nSPS) is 10.9. The van der Waals surface area contributed by atoms with Gasteiger partial charge in [-0.2, -0.15) is 0 Å². The lowest BCUT2D eigenvalue weighted by Crippen LogP contribution is -2.43. The maximum atomic E-state index is 11.9. The number of carbonyl (C=O) groups is 1. The van der Waals surface area contributed by atoms with E-state index in [4.69, 9.17) is 4.74 Å². The molecule has 1 aromatic carbocycles. The summed E-state index contributed by atoms with van der Waals surface area (Å²) in [6.07, 6.45) is 6.41. The van der Waals surface area contributed by atoms with Crippen LogP contribution in [0.4, 0.5) is 0 Å². The Morgan fingerprint density at radius 1 is 1.08 bits per heavy atom. The second kappa shape index (κ2) is 13.0. The highest BCUT2D eigenvalue weighted by atomic mass is 35.5. The Bertz CT molecular complexity index is 487. The van der Waals surface area contributed by atoms with Crippen LogP contribution in [-0.4, -0.2) is 24.6 Å². The number of halogens is 1. The third-order valence-electron chi connectivity index (χ3n) is 3.62. The van der Waals surface area contributed by atoms with E-state index in [1.165, 1.54) is 32.1 Å². The first-order chi connectivity index (χ1) is 11.4. The minimum absolute atomic E-state index is 0. The van der Waals surface area contributed by atoms with Gasteiger partial charge in [-0.05, 0) is 39.8 Å². The highest BCUT2D eigenvalue weighted by Crippen LogP contribution is 2.17. The Labute approximate surface area is 159 Å². The second-order valence-corrected chi connectivity index (χ2v) is 7.29. The lowest BCUT2D eigenvalue weighted by atomic mass is 10.1. The van der Waals surface area contributed by atoms with E-state index >= 15 is 0 Å². The minimum atomic E-state index is -0.237. The topological polar surface area (TPSA) is 50.4 Å². The Balaban J connectivity index is 0.00000576. The molecule has 0 heterocycles. The van der Waals surface area contributed by atoms with E-state index in [2.05, 4.69) is 17.6 Å². The summed E-state index contributed by atoms with van der Waals surface area (Å²) in [7, 11) is 0. The van der Waals surface area contributed by atoms with Gasteiger partial charge in [0.25, 0.3) is 5.91 Å². The van der Waals surface area contributed by atoms with Crippen LogP contribution in [0.1, 0.15) is 65.4 Å². The molecule has 0 aliphatic rings. The van der Waals surface area contributed by atoms with Crippen LogP contribution in [0, 0.1) is 0 Å². The summed E-state index contributed by atoms with van der Waals surface area (Å²) in [5.74, 6) is 0.682. The Hall–Kier alpha value is -1.26. The quantitative estimate of drug-likeness (QED) is 0.565. The van der Waals surface area contributed by atoms with Crippen LogP contribution in [0.15, 0.2) is 24.3 Å². The van der Waals surface area contributed by atoms with Crippen molar-refractivity contribution < 1.29 is 9.53 Å². The first-order valence-corrected chi connectivity index (χ1v) is 9.15. The standard InChI is InChI=1S/C20H34N2O2.ClH/c1-5-6-7-8-11-14-21-15-17-12-9-10-13-18(17)24-16-19(23)22-20(2,3)4;/h9-10,12-13,21H,5-8,11,14-16H2,1-4H3,(H,22,23);1H. The van der Waals surface area contributed by atoms with Gasteiger partial charge in [-0.3, -0.25) is 4.79 Å². The summed E-state index contributed by atoms with van der Waals surface area (Å²) >= 11 is 0. The van der Waals surface area contributed by atoms with Crippen LogP contribution in [0.2, 0.25) is 0 Å². The number of benzene rings is 1. The minimum Gasteiger partial charge on any atom is -0.483 e. The molecule has 0 radical (unpaired) electrons. The van der Waals surface area contributed by atoms with Gasteiger partial charge in [0.1, 0.15) is 5.75 Å². The molecule has 0 atom stereocenters. The van der Waals surface area contributed by atoms with Crippen LogP contribution < -0.4 is 15.4 Å². The summed E-state index contributed by atoms with van der Waals surface area (Å²) in [5, 5.41) is 6.37. The number of hydrogen-bond acceptors (Lipinski definition) is 3. The molecule has 0 spiro atoms. The van der Waals surface area contributed by atoms with E-state index < -0.39 is 0 Å². The molecule has 1 rings (SSSR count). The predicted molar refractivity (Wildman–Crippen MR) is 108 cm³/mol. The summed E-state index contributed by atoms with van der Waals surface area (Å²) < 4.78 is 5.70. The molecule has 0 saturated carbocycles. The fourth-order valence-corrected chi connectivity index (χ4v) is 2.46. The number of ether oxygens (including phenoxy) is 1. The number of carbonyl (C=O) groups excluding carboxylic acids is 1. The molecular formula is C20H35ClN2O2. The van der Waals surface area contributed by atoms with Gasteiger partial charge in [-0.25, -0.2) is 0 Å². The first kappa shape index (κ1) is 23.7. The maximum absolute atomic E-state index is 11.9. The van der Waals surface area contributed by atoms with E-state index in [0.29, 0.717) is 0 Å². The van der Waals surface area contributed by atoms with Crippen molar-refractivity contribution in [3.8, 4) is 5.75 Å². The molecule has 0 saturated heterocycles. The second-order valence-electron chi connectivity index (χ2n) is 7.29. The van der Waals surface area contributed by atoms with Crippen LogP contribution in [0.5, 0.6) is 5.75 Å². The zero-order valence-electron chi connectivity index (χ0n) is 16.2. The molecule has 0 aromatic heterocycles. The van der Waals surface area contributed by atoms with E-state index in [9.17, 15) is 4.79 Å². The monoisotopic (exact) mass is 370 g/mol. The third-order valence-corrected chi connectivity index (χ3v) is 3.62. The fourth-order valence-electron chi connectivity index (χ4n) is 2.46. The number of amides is 1. The molecule has 4 nitrogen and oxygen atoms in total. The van der Waals surface area contributed by atoms with Crippen LogP contribution in [-0.2, 0) is 11.3 Å². The van der Waals surface area contributed by atoms with Gasteiger partial charge >= 0.3 is 0 Å². The summed E-state index contributed by atoms with van der Waals surface area (Å²) in [4.78, 5) is 11.9. The molecule has 25 heavy (non-hydrogen) atoms. The van der Waals surface area contributed by atoms with Crippen LogP contribution in [0.3, 0.4) is 0 Å². The lowest BCUT2D eigenvalue weighted by Gasteiger charge is -2.20. The van der Waals surface area contributed by atoms with Crippen molar-refractivity contribution in [1.29, 1.82) is 0 Å². The van der Waals surface area contributed by atoms with Crippen molar-refractivity contribution in [1.82, 2.24) is 10.6 Å². The van der Waals surface area contributed by atoms with Crippen molar-refractivity contribution in [3.05, 3.63) is 29.8 Å². The highest BCUT2D eigenvalue weighted by molar-refractivity contribution is 5.85. The molecule has 1 amide bonds. The molecule has 0 aliphatic heterocycles. The SMILES string of the molecule is CCCCCCCNCc1ccccc1OCC(=O)NC(C)(C)C.Cl. The zero-order valence-corrected chi connectivity index (χ0v) is 17.0.